The summed E-state index contributed by atoms with van der Waals surface area (Å²) in [4.78, 5) is 8.73. The third kappa shape index (κ3) is 5.26. The minimum atomic E-state index is -4.19. The van der Waals surface area contributed by atoms with Gasteiger partial charge in [0.15, 0.2) is 9.84 Å². The first kappa shape index (κ1) is 23.0. The number of pyridine rings is 2. The molecule has 0 radical (unpaired) electrons. The number of hydrogen-bond donors (Lipinski definition) is 0. The molecular formula is C25H19ClF2N2O2S. The summed E-state index contributed by atoms with van der Waals surface area (Å²) < 4.78 is 56.1. The molecule has 168 valence electrons. The summed E-state index contributed by atoms with van der Waals surface area (Å²) in [5.41, 5.74) is 1.28. The summed E-state index contributed by atoms with van der Waals surface area (Å²) in [5.74, 6) is -1.58. The van der Waals surface area contributed by atoms with Crippen LogP contribution in [0.25, 0.3) is 0 Å². The minimum Gasteiger partial charge on any atom is -0.261 e. The maximum absolute atomic E-state index is 14.8. The van der Waals surface area contributed by atoms with Crippen molar-refractivity contribution in [3.05, 3.63) is 124 Å². The zero-order valence-corrected chi connectivity index (χ0v) is 18.9. The molecule has 4 aromatic rings. The lowest BCUT2D eigenvalue weighted by Crippen LogP contribution is -2.18. The zero-order chi connectivity index (χ0) is 23.4. The molecule has 0 aliphatic carbocycles. The number of aromatic nitrogens is 2. The van der Waals surface area contributed by atoms with Crippen molar-refractivity contribution in [3.63, 3.8) is 0 Å². The number of sulfone groups is 1. The van der Waals surface area contributed by atoms with Crippen molar-refractivity contribution in [2.45, 2.75) is 23.0 Å². The Morgan fingerprint density at radius 3 is 2.30 bits per heavy atom. The lowest BCUT2D eigenvalue weighted by molar-refractivity contribution is 0.568. The van der Waals surface area contributed by atoms with Crippen molar-refractivity contribution < 1.29 is 17.2 Å². The van der Waals surface area contributed by atoms with E-state index >= 15 is 0 Å². The van der Waals surface area contributed by atoms with Gasteiger partial charge < -0.3 is 0 Å². The average molecular weight is 485 g/mol. The standard InChI is InChI=1S/C25H19ClF2N2O2S/c26-17-7-12-21(13-8-17)33(31,32)25(22-16-18(27)9-14-23(22)28)24-6-3-5-20(30-24)11-10-19-4-1-2-15-29-19/h1-9,12-16,25H,10-11H2. The highest BCUT2D eigenvalue weighted by molar-refractivity contribution is 7.91. The molecule has 0 fully saturated rings. The predicted octanol–water partition coefficient (Wildman–Crippen LogP) is 5.76. The van der Waals surface area contributed by atoms with Gasteiger partial charge in [-0.1, -0.05) is 23.7 Å². The van der Waals surface area contributed by atoms with Crippen LogP contribution in [0.15, 0.2) is 90.0 Å². The van der Waals surface area contributed by atoms with E-state index in [1.807, 2.05) is 18.2 Å². The molecular weight excluding hydrogens is 466 g/mol. The molecule has 2 aromatic heterocycles. The third-order valence-corrected chi connectivity index (χ3v) is 7.45. The van der Waals surface area contributed by atoms with Crippen LogP contribution in [0.1, 0.15) is 27.9 Å². The van der Waals surface area contributed by atoms with Crippen molar-refractivity contribution in [1.29, 1.82) is 0 Å². The number of rotatable bonds is 7. The van der Waals surface area contributed by atoms with E-state index in [4.69, 9.17) is 11.6 Å². The molecule has 0 bridgehead atoms. The summed E-state index contributed by atoms with van der Waals surface area (Å²) in [6.45, 7) is 0. The van der Waals surface area contributed by atoms with Gasteiger partial charge in [-0.2, -0.15) is 0 Å². The van der Waals surface area contributed by atoms with Crippen LogP contribution in [0, 0.1) is 11.6 Å². The number of benzene rings is 2. The molecule has 2 aromatic carbocycles. The maximum atomic E-state index is 14.8. The molecule has 2 heterocycles. The van der Waals surface area contributed by atoms with Crippen LogP contribution in [0.4, 0.5) is 8.78 Å². The van der Waals surface area contributed by atoms with Crippen molar-refractivity contribution in [2.75, 3.05) is 0 Å². The molecule has 0 saturated heterocycles. The van der Waals surface area contributed by atoms with Gasteiger partial charge >= 0.3 is 0 Å². The first-order valence-electron chi connectivity index (χ1n) is 10.1. The molecule has 0 N–H and O–H groups in total. The van der Waals surface area contributed by atoms with Gasteiger partial charge in [0.2, 0.25) is 0 Å². The smallest absolute Gasteiger partial charge is 0.191 e. The molecule has 4 rings (SSSR count). The van der Waals surface area contributed by atoms with Crippen molar-refractivity contribution in [2.24, 2.45) is 0 Å². The summed E-state index contributed by atoms with van der Waals surface area (Å²) in [7, 11) is -4.19. The Morgan fingerprint density at radius 1 is 0.848 bits per heavy atom. The quantitative estimate of drug-likeness (QED) is 0.335. The molecule has 1 unspecified atom stereocenters. The van der Waals surface area contributed by atoms with E-state index in [-0.39, 0.29) is 16.2 Å². The number of hydrogen-bond acceptors (Lipinski definition) is 4. The highest BCUT2D eigenvalue weighted by atomic mass is 35.5. The van der Waals surface area contributed by atoms with Gasteiger partial charge in [0.1, 0.15) is 16.9 Å². The molecule has 4 nitrogen and oxygen atoms in total. The summed E-state index contributed by atoms with van der Waals surface area (Å²) in [6, 6.07) is 18.8. The molecule has 0 spiro atoms. The second-order valence-electron chi connectivity index (χ2n) is 7.42. The highest BCUT2D eigenvalue weighted by Crippen LogP contribution is 2.36. The molecule has 8 heteroatoms. The molecule has 0 amide bonds. The van der Waals surface area contributed by atoms with Gasteiger partial charge in [-0.25, -0.2) is 17.2 Å². The van der Waals surface area contributed by atoms with Gasteiger partial charge in [-0.05, 0) is 79.6 Å². The van der Waals surface area contributed by atoms with E-state index in [2.05, 4.69) is 9.97 Å². The highest BCUT2D eigenvalue weighted by Gasteiger charge is 2.34. The predicted molar refractivity (Wildman–Crippen MR) is 123 cm³/mol. The average Bonchev–Trinajstić information content (AvgIpc) is 2.81. The van der Waals surface area contributed by atoms with Crippen LogP contribution >= 0.6 is 11.6 Å². The zero-order valence-electron chi connectivity index (χ0n) is 17.3. The van der Waals surface area contributed by atoms with Gasteiger partial charge in [-0.15, -0.1) is 0 Å². The van der Waals surface area contributed by atoms with E-state index in [0.29, 0.717) is 23.6 Å². The van der Waals surface area contributed by atoms with E-state index in [9.17, 15) is 17.2 Å². The van der Waals surface area contributed by atoms with Crippen LogP contribution in [0.5, 0.6) is 0 Å². The Kier molecular flexibility index (Phi) is 6.81. The fraction of sp³-hybridized carbons (Fsp3) is 0.120. The second-order valence-corrected chi connectivity index (χ2v) is 9.89. The molecule has 0 aliphatic heterocycles. The van der Waals surface area contributed by atoms with Gasteiger partial charge in [0.05, 0.1) is 10.6 Å². The number of aryl methyl sites for hydroxylation is 2. The first-order valence-corrected chi connectivity index (χ1v) is 12.1. The van der Waals surface area contributed by atoms with Crippen molar-refractivity contribution in [1.82, 2.24) is 9.97 Å². The summed E-state index contributed by atoms with van der Waals surface area (Å²) >= 11 is 5.91. The lowest BCUT2D eigenvalue weighted by atomic mass is 10.1. The molecule has 0 aliphatic rings. The Bertz CT molecular complexity index is 1370. The van der Waals surface area contributed by atoms with Crippen LogP contribution < -0.4 is 0 Å². The summed E-state index contributed by atoms with van der Waals surface area (Å²) in [5, 5.41) is -1.18. The largest absolute Gasteiger partial charge is 0.261 e. The van der Waals surface area contributed by atoms with Crippen LogP contribution in [0.3, 0.4) is 0 Å². The van der Waals surface area contributed by atoms with Crippen LogP contribution in [-0.2, 0) is 22.7 Å². The Balaban J connectivity index is 1.78. The Labute approximate surface area is 195 Å². The maximum Gasteiger partial charge on any atom is 0.191 e. The van der Waals surface area contributed by atoms with Gasteiger partial charge in [-0.3, -0.25) is 9.97 Å². The first-order chi connectivity index (χ1) is 15.8. The second kappa shape index (κ2) is 9.77. The van der Waals surface area contributed by atoms with Crippen molar-refractivity contribution >= 4 is 21.4 Å². The van der Waals surface area contributed by atoms with Crippen molar-refractivity contribution in [3.8, 4) is 0 Å². The van der Waals surface area contributed by atoms with Crippen LogP contribution in [0.2, 0.25) is 5.02 Å². The monoisotopic (exact) mass is 484 g/mol. The topological polar surface area (TPSA) is 59.9 Å². The SMILES string of the molecule is O=S(=O)(c1ccc(Cl)cc1)C(c1cccc(CCc2ccccn2)n1)c1cc(F)ccc1F. The minimum absolute atomic E-state index is 0.0683. The third-order valence-electron chi connectivity index (χ3n) is 5.15. The Hall–Kier alpha value is -3.16. The van der Waals surface area contributed by atoms with Gasteiger partial charge in [0, 0.05) is 28.2 Å². The molecule has 1 atom stereocenters. The van der Waals surface area contributed by atoms with E-state index in [1.165, 1.54) is 30.3 Å². The molecule has 0 saturated carbocycles. The number of nitrogens with zero attached hydrogens (tertiary/aromatic N) is 2. The fourth-order valence-corrected chi connectivity index (χ4v) is 5.42. The lowest BCUT2D eigenvalue weighted by Gasteiger charge is -2.19. The summed E-state index contributed by atoms with van der Waals surface area (Å²) in [6.07, 6.45) is 2.80. The fourth-order valence-electron chi connectivity index (χ4n) is 3.55. The van der Waals surface area contributed by atoms with E-state index in [0.717, 1.165) is 23.9 Å². The number of halogens is 3. The van der Waals surface area contributed by atoms with E-state index in [1.54, 1.807) is 18.3 Å². The van der Waals surface area contributed by atoms with Crippen LogP contribution in [-0.4, -0.2) is 18.4 Å². The Morgan fingerprint density at radius 2 is 1.58 bits per heavy atom. The van der Waals surface area contributed by atoms with E-state index < -0.39 is 26.7 Å². The van der Waals surface area contributed by atoms with Gasteiger partial charge in [0.25, 0.3) is 0 Å². The normalized spacial score (nSPS) is 12.5. The molecule has 33 heavy (non-hydrogen) atoms.